The Bertz CT molecular complexity index is 989. The number of piperazine rings is 1. The number of ether oxygens (including phenoxy) is 1. The van der Waals surface area contributed by atoms with Crippen molar-refractivity contribution in [2.45, 2.75) is 45.9 Å². The summed E-state index contributed by atoms with van der Waals surface area (Å²) in [4.78, 5) is 16.5. The molecule has 1 aromatic heterocycles. The van der Waals surface area contributed by atoms with E-state index < -0.39 is 24.6 Å². The van der Waals surface area contributed by atoms with Gasteiger partial charge in [-0.15, -0.1) is 0 Å². The van der Waals surface area contributed by atoms with Crippen molar-refractivity contribution in [3.8, 4) is 5.75 Å². The highest BCUT2D eigenvalue weighted by atomic mass is 19.4. The highest BCUT2D eigenvalue weighted by Gasteiger charge is 2.30. The zero-order valence-corrected chi connectivity index (χ0v) is 21.2. The molecule has 1 amide bonds. The topological polar surface area (TPSA) is 82.9 Å². The zero-order valence-electron chi connectivity index (χ0n) is 21.2. The van der Waals surface area contributed by atoms with E-state index in [9.17, 15) is 27.5 Å². The number of β-amino-alcohol motifs (C(OH)–C–C–N with tert-alkyl or cyclic N) is 1. The van der Waals surface area contributed by atoms with Gasteiger partial charge in [-0.25, -0.2) is 9.07 Å². The molecule has 1 saturated heterocycles. The van der Waals surface area contributed by atoms with Gasteiger partial charge in [-0.05, 0) is 42.7 Å². The summed E-state index contributed by atoms with van der Waals surface area (Å²) in [6.45, 7) is 6.80. The smallest absolute Gasteiger partial charge is 0.416 e. The Labute approximate surface area is 214 Å². The third-order valence-corrected chi connectivity index (χ3v) is 6.04. The Morgan fingerprint density at radius 3 is 2.38 bits per heavy atom. The lowest BCUT2D eigenvalue weighted by molar-refractivity contribution is -0.137. The van der Waals surface area contributed by atoms with Gasteiger partial charge >= 0.3 is 6.18 Å². The van der Waals surface area contributed by atoms with E-state index >= 15 is 0 Å². The predicted octanol–water partition coefficient (Wildman–Crippen LogP) is 2.70. The van der Waals surface area contributed by atoms with Crippen LogP contribution in [0.4, 0.5) is 17.6 Å². The Morgan fingerprint density at radius 1 is 1.14 bits per heavy atom. The minimum absolute atomic E-state index is 0.0367. The largest absolute Gasteiger partial charge is 0.491 e. The fraction of sp³-hybridized carbons (Fsp3) is 0.600. The van der Waals surface area contributed by atoms with Gasteiger partial charge in [0.2, 0.25) is 5.91 Å². The van der Waals surface area contributed by atoms with Crippen LogP contribution in [0, 0.1) is 5.92 Å². The van der Waals surface area contributed by atoms with E-state index in [0.29, 0.717) is 50.8 Å². The number of carbonyl (C=O) groups is 1. The lowest BCUT2D eigenvalue weighted by atomic mass is 10.1. The monoisotopic (exact) mass is 529 g/mol. The summed E-state index contributed by atoms with van der Waals surface area (Å²) in [5.41, 5.74) is 0.680. The summed E-state index contributed by atoms with van der Waals surface area (Å²) in [5, 5.41) is 17.3. The molecule has 12 heteroatoms. The first-order chi connectivity index (χ1) is 17.5. The maximum absolute atomic E-state index is 13.2. The molecule has 2 aromatic rings. The second-order valence-electron chi connectivity index (χ2n) is 9.68. The van der Waals surface area contributed by atoms with E-state index in [0.717, 1.165) is 17.8 Å². The fourth-order valence-electron chi connectivity index (χ4n) is 4.15. The Kier molecular flexibility index (Phi) is 10.3. The lowest BCUT2D eigenvalue weighted by Gasteiger charge is -2.35. The van der Waals surface area contributed by atoms with Crippen LogP contribution in [-0.4, -0.2) is 82.6 Å². The SMILES string of the molecule is CC(C)Cc1cc(CNC(=O)CN2CCN(C[C@@H](O)COc3ccc(C(F)(F)F)cc3)CC2)nn1CF. The van der Waals surface area contributed by atoms with Crippen molar-refractivity contribution in [2.24, 2.45) is 5.92 Å². The molecule has 1 aromatic carbocycles. The van der Waals surface area contributed by atoms with Crippen molar-refractivity contribution in [1.29, 1.82) is 0 Å². The number of hydrogen-bond donors (Lipinski definition) is 2. The molecule has 206 valence electrons. The number of aliphatic hydroxyl groups is 1. The van der Waals surface area contributed by atoms with Gasteiger partial charge in [-0.1, -0.05) is 13.8 Å². The number of aliphatic hydroxyl groups excluding tert-OH is 1. The van der Waals surface area contributed by atoms with Crippen LogP contribution < -0.4 is 10.1 Å². The van der Waals surface area contributed by atoms with Crippen molar-refractivity contribution < 1.29 is 32.2 Å². The second-order valence-corrected chi connectivity index (χ2v) is 9.68. The minimum Gasteiger partial charge on any atom is -0.491 e. The number of aromatic nitrogens is 2. The van der Waals surface area contributed by atoms with E-state index in [2.05, 4.69) is 29.2 Å². The summed E-state index contributed by atoms with van der Waals surface area (Å²) in [6.07, 6.45) is -4.49. The molecule has 0 radical (unpaired) electrons. The molecule has 2 heterocycles. The van der Waals surface area contributed by atoms with Crippen LogP contribution in [0.2, 0.25) is 0 Å². The van der Waals surface area contributed by atoms with Crippen molar-refractivity contribution in [3.05, 3.63) is 47.3 Å². The maximum atomic E-state index is 13.2. The van der Waals surface area contributed by atoms with Gasteiger partial charge in [0, 0.05) is 38.4 Å². The molecule has 0 bridgehead atoms. The molecule has 0 spiro atoms. The molecule has 1 fully saturated rings. The van der Waals surface area contributed by atoms with Crippen LogP contribution in [0.1, 0.15) is 30.8 Å². The van der Waals surface area contributed by atoms with Gasteiger partial charge in [-0.3, -0.25) is 14.6 Å². The molecule has 1 atom stereocenters. The first kappa shape index (κ1) is 28.9. The molecule has 0 aliphatic carbocycles. The maximum Gasteiger partial charge on any atom is 0.416 e. The van der Waals surface area contributed by atoms with Crippen LogP contribution in [0.3, 0.4) is 0 Å². The normalized spacial score (nSPS) is 16.2. The van der Waals surface area contributed by atoms with Crippen LogP contribution in [0.5, 0.6) is 5.75 Å². The number of hydrogen-bond acceptors (Lipinski definition) is 6. The fourth-order valence-corrected chi connectivity index (χ4v) is 4.15. The minimum atomic E-state index is -4.40. The molecule has 0 unspecified atom stereocenters. The highest BCUT2D eigenvalue weighted by molar-refractivity contribution is 5.77. The summed E-state index contributed by atoms with van der Waals surface area (Å²) in [5.74, 6) is 0.491. The number of rotatable bonds is 12. The summed E-state index contributed by atoms with van der Waals surface area (Å²) < 4.78 is 57.8. The molecule has 0 saturated carbocycles. The Balaban J connectivity index is 1.33. The predicted molar refractivity (Wildman–Crippen MR) is 130 cm³/mol. The number of alkyl halides is 4. The first-order valence-electron chi connectivity index (χ1n) is 12.3. The summed E-state index contributed by atoms with van der Waals surface area (Å²) >= 11 is 0. The van der Waals surface area contributed by atoms with Crippen molar-refractivity contribution >= 4 is 5.91 Å². The number of nitrogens with zero attached hydrogens (tertiary/aromatic N) is 4. The average Bonchev–Trinajstić information content (AvgIpc) is 3.23. The van der Waals surface area contributed by atoms with Crippen LogP contribution >= 0.6 is 0 Å². The molecule has 3 rings (SSSR count). The van der Waals surface area contributed by atoms with Gasteiger partial charge in [0.25, 0.3) is 0 Å². The molecular weight excluding hydrogens is 494 g/mol. The van der Waals surface area contributed by atoms with Gasteiger partial charge in [0.1, 0.15) is 18.5 Å². The average molecular weight is 530 g/mol. The number of nitrogens with one attached hydrogen (secondary N) is 1. The number of amides is 1. The third kappa shape index (κ3) is 9.28. The number of halogens is 4. The van der Waals surface area contributed by atoms with Gasteiger partial charge in [0.15, 0.2) is 6.80 Å². The molecule has 1 aliphatic heterocycles. The van der Waals surface area contributed by atoms with Gasteiger partial charge < -0.3 is 15.2 Å². The second kappa shape index (κ2) is 13.2. The van der Waals surface area contributed by atoms with E-state index in [-0.39, 0.29) is 31.4 Å². The molecule has 1 aliphatic rings. The van der Waals surface area contributed by atoms with Crippen LogP contribution in [0.25, 0.3) is 0 Å². The first-order valence-corrected chi connectivity index (χ1v) is 12.3. The Hall–Kier alpha value is -2.70. The zero-order chi connectivity index (χ0) is 27.0. The molecular formula is C25H35F4N5O3. The quantitative estimate of drug-likeness (QED) is 0.412. The van der Waals surface area contributed by atoms with Gasteiger partial charge in [0.05, 0.1) is 24.3 Å². The van der Waals surface area contributed by atoms with Crippen molar-refractivity contribution in [3.63, 3.8) is 0 Å². The summed E-state index contributed by atoms with van der Waals surface area (Å²) in [7, 11) is 0. The van der Waals surface area contributed by atoms with Gasteiger partial charge in [-0.2, -0.15) is 18.3 Å². The number of benzene rings is 1. The van der Waals surface area contributed by atoms with Crippen molar-refractivity contribution in [2.75, 3.05) is 45.9 Å². The Morgan fingerprint density at radius 2 is 1.78 bits per heavy atom. The van der Waals surface area contributed by atoms with Crippen LogP contribution in [-0.2, 0) is 30.7 Å². The molecule has 37 heavy (non-hydrogen) atoms. The van der Waals surface area contributed by atoms with E-state index in [1.807, 2.05) is 11.0 Å². The molecule has 8 nitrogen and oxygen atoms in total. The van der Waals surface area contributed by atoms with E-state index in [1.165, 1.54) is 16.8 Å². The standard InChI is InChI=1S/C25H35F4N5O3/c1-18(2)11-21-12-20(31-34(21)17-26)13-30-24(36)15-33-9-7-32(8-10-33)14-22(35)16-37-23-5-3-19(4-6-23)25(27,28)29/h3-6,12,18,22,35H,7-11,13-17H2,1-2H3,(H,30,36)/t22-/m1/s1. The molecule has 2 N–H and O–H groups in total. The summed E-state index contributed by atoms with van der Waals surface area (Å²) in [6, 6.07) is 6.17. The number of carbonyl (C=O) groups excluding carboxylic acids is 1. The van der Waals surface area contributed by atoms with Crippen molar-refractivity contribution in [1.82, 2.24) is 24.9 Å². The van der Waals surface area contributed by atoms with Crippen LogP contribution in [0.15, 0.2) is 30.3 Å². The lowest BCUT2D eigenvalue weighted by Crippen LogP contribution is -2.51. The van der Waals surface area contributed by atoms with E-state index in [1.54, 1.807) is 0 Å². The highest BCUT2D eigenvalue weighted by Crippen LogP contribution is 2.30. The van der Waals surface area contributed by atoms with E-state index in [4.69, 9.17) is 4.74 Å². The third-order valence-electron chi connectivity index (χ3n) is 6.04.